The van der Waals surface area contributed by atoms with Gasteiger partial charge in [-0.2, -0.15) is 13.1 Å². The SMILES string of the molecule is CCC(CC)C(N)CNS(=O)(=O)NCCOC. The molecular formula is C10H25N3O3S. The molecule has 104 valence electrons. The van der Waals surface area contributed by atoms with Crippen LogP contribution in [0.3, 0.4) is 0 Å². The van der Waals surface area contributed by atoms with Gasteiger partial charge in [0.05, 0.1) is 6.61 Å². The molecule has 1 atom stereocenters. The first-order chi connectivity index (χ1) is 7.96. The highest BCUT2D eigenvalue weighted by Crippen LogP contribution is 2.10. The lowest BCUT2D eigenvalue weighted by Gasteiger charge is -2.21. The van der Waals surface area contributed by atoms with Crippen molar-refractivity contribution in [1.82, 2.24) is 9.44 Å². The van der Waals surface area contributed by atoms with E-state index < -0.39 is 10.2 Å². The van der Waals surface area contributed by atoms with Gasteiger partial charge in [-0.25, -0.2) is 4.72 Å². The zero-order valence-electron chi connectivity index (χ0n) is 10.9. The number of rotatable bonds is 10. The highest BCUT2D eigenvalue weighted by molar-refractivity contribution is 7.87. The second kappa shape index (κ2) is 8.82. The maximum Gasteiger partial charge on any atom is 0.277 e. The number of ether oxygens (including phenoxy) is 1. The Bertz CT molecular complexity index is 279. The van der Waals surface area contributed by atoms with Crippen LogP contribution in [0.2, 0.25) is 0 Å². The summed E-state index contributed by atoms with van der Waals surface area (Å²) in [6.45, 7) is 4.97. The highest BCUT2D eigenvalue weighted by atomic mass is 32.2. The Labute approximate surface area is 104 Å². The van der Waals surface area contributed by atoms with Crippen LogP contribution in [0.5, 0.6) is 0 Å². The van der Waals surface area contributed by atoms with Crippen molar-refractivity contribution in [3.63, 3.8) is 0 Å². The van der Waals surface area contributed by atoms with E-state index in [1.165, 1.54) is 7.11 Å². The van der Waals surface area contributed by atoms with E-state index in [1.807, 2.05) is 0 Å². The van der Waals surface area contributed by atoms with E-state index in [9.17, 15) is 8.42 Å². The van der Waals surface area contributed by atoms with Crippen molar-refractivity contribution in [3.05, 3.63) is 0 Å². The van der Waals surface area contributed by atoms with Crippen LogP contribution in [0.15, 0.2) is 0 Å². The van der Waals surface area contributed by atoms with Crippen molar-refractivity contribution < 1.29 is 13.2 Å². The number of hydrogen-bond acceptors (Lipinski definition) is 4. The highest BCUT2D eigenvalue weighted by Gasteiger charge is 2.16. The lowest BCUT2D eigenvalue weighted by molar-refractivity contribution is 0.204. The quantitative estimate of drug-likeness (QED) is 0.479. The van der Waals surface area contributed by atoms with E-state index in [-0.39, 0.29) is 19.1 Å². The van der Waals surface area contributed by atoms with E-state index in [4.69, 9.17) is 10.5 Å². The van der Waals surface area contributed by atoms with Gasteiger partial charge in [0.2, 0.25) is 0 Å². The molecule has 6 nitrogen and oxygen atoms in total. The van der Waals surface area contributed by atoms with Crippen LogP contribution in [-0.4, -0.2) is 41.3 Å². The summed E-state index contributed by atoms with van der Waals surface area (Å²) in [7, 11) is -1.94. The molecule has 0 aromatic carbocycles. The molecule has 0 aliphatic heterocycles. The van der Waals surface area contributed by atoms with Gasteiger partial charge in [-0.1, -0.05) is 26.7 Å². The van der Waals surface area contributed by atoms with Crippen LogP contribution in [0.4, 0.5) is 0 Å². The van der Waals surface area contributed by atoms with Gasteiger partial charge in [-0.05, 0) is 5.92 Å². The Morgan fingerprint density at radius 2 is 1.82 bits per heavy atom. The molecule has 0 saturated heterocycles. The summed E-state index contributed by atoms with van der Waals surface area (Å²) in [6.07, 6.45) is 1.91. The van der Waals surface area contributed by atoms with Gasteiger partial charge in [0.15, 0.2) is 0 Å². The minimum absolute atomic E-state index is 0.149. The molecule has 0 aromatic rings. The lowest BCUT2D eigenvalue weighted by atomic mass is 9.95. The monoisotopic (exact) mass is 267 g/mol. The first-order valence-corrected chi connectivity index (χ1v) is 7.43. The van der Waals surface area contributed by atoms with Crippen molar-refractivity contribution in [2.75, 3.05) is 26.8 Å². The molecule has 0 spiro atoms. The minimum Gasteiger partial charge on any atom is -0.383 e. The molecule has 0 bridgehead atoms. The first kappa shape index (κ1) is 16.8. The summed E-state index contributed by atoms with van der Waals surface area (Å²) in [5, 5.41) is 0. The molecule has 0 fully saturated rings. The maximum atomic E-state index is 11.5. The predicted octanol–water partition coefficient (Wildman–Crippen LogP) is -0.180. The van der Waals surface area contributed by atoms with Gasteiger partial charge in [0.25, 0.3) is 10.2 Å². The molecule has 17 heavy (non-hydrogen) atoms. The molecule has 0 saturated carbocycles. The van der Waals surface area contributed by atoms with Gasteiger partial charge < -0.3 is 10.5 Å². The van der Waals surface area contributed by atoms with Crippen molar-refractivity contribution in [3.8, 4) is 0 Å². The molecule has 7 heteroatoms. The number of hydrogen-bond donors (Lipinski definition) is 3. The second-order valence-corrected chi connectivity index (χ2v) is 5.56. The lowest BCUT2D eigenvalue weighted by Crippen LogP contribution is -2.46. The number of nitrogens with two attached hydrogens (primary N) is 1. The van der Waals surface area contributed by atoms with Gasteiger partial charge in [-0.3, -0.25) is 0 Å². The maximum absolute atomic E-state index is 11.5. The summed E-state index contributed by atoms with van der Waals surface area (Å²) >= 11 is 0. The number of methoxy groups -OCH3 is 1. The van der Waals surface area contributed by atoms with Crippen LogP contribution in [-0.2, 0) is 14.9 Å². The molecule has 0 aliphatic rings. The molecule has 0 heterocycles. The molecule has 4 N–H and O–H groups in total. The minimum atomic E-state index is -3.46. The van der Waals surface area contributed by atoms with Gasteiger partial charge in [0, 0.05) is 26.2 Å². The first-order valence-electron chi connectivity index (χ1n) is 5.95. The summed E-state index contributed by atoms with van der Waals surface area (Å²) in [4.78, 5) is 0. The average Bonchev–Trinajstić information content (AvgIpc) is 2.28. The molecule has 0 rings (SSSR count). The molecular weight excluding hydrogens is 242 g/mol. The largest absolute Gasteiger partial charge is 0.383 e. The van der Waals surface area contributed by atoms with Crippen LogP contribution in [0, 0.1) is 5.92 Å². The Morgan fingerprint density at radius 3 is 2.29 bits per heavy atom. The van der Waals surface area contributed by atoms with Gasteiger partial charge in [0.1, 0.15) is 0 Å². The van der Waals surface area contributed by atoms with Crippen LogP contribution in [0.1, 0.15) is 26.7 Å². The smallest absolute Gasteiger partial charge is 0.277 e. The third-order valence-electron chi connectivity index (χ3n) is 2.76. The van der Waals surface area contributed by atoms with Crippen molar-refractivity contribution in [2.24, 2.45) is 11.7 Å². The second-order valence-electron chi connectivity index (χ2n) is 3.98. The Hall–Kier alpha value is -0.210. The van der Waals surface area contributed by atoms with E-state index >= 15 is 0 Å². The fourth-order valence-corrected chi connectivity index (χ4v) is 2.46. The van der Waals surface area contributed by atoms with Gasteiger partial charge >= 0.3 is 0 Å². The Kier molecular flexibility index (Phi) is 8.71. The van der Waals surface area contributed by atoms with Crippen molar-refractivity contribution in [2.45, 2.75) is 32.7 Å². The van der Waals surface area contributed by atoms with E-state index in [0.29, 0.717) is 12.5 Å². The third kappa shape index (κ3) is 7.67. The van der Waals surface area contributed by atoms with Crippen LogP contribution in [0.25, 0.3) is 0 Å². The Balaban J connectivity index is 4.00. The predicted molar refractivity (Wildman–Crippen MR) is 68.8 cm³/mol. The summed E-state index contributed by atoms with van der Waals surface area (Å²) < 4.78 is 32.5. The zero-order chi connectivity index (χ0) is 13.3. The van der Waals surface area contributed by atoms with E-state index in [1.54, 1.807) is 0 Å². The topological polar surface area (TPSA) is 93.5 Å². The fraction of sp³-hybridized carbons (Fsp3) is 1.00. The zero-order valence-corrected chi connectivity index (χ0v) is 11.7. The van der Waals surface area contributed by atoms with Gasteiger partial charge in [-0.15, -0.1) is 0 Å². The fourth-order valence-electron chi connectivity index (χ4n) is 1.60. The molecule has 1 unspecified atom stereocenters. The average molecular weight is 267 g/mol. The molecule has 0 radical (unpaired) electrons. The van der Waals surface area contributed by atoms with Crippen LogP contribution >= 0.6 is 0 Å². The van der Waals surface area contributed by atoms with Crippen molar-refractivity contribution in [1.29, 1.82) is 0 Å². The summed E-state index contributed by atoms with van der Waals surface area (Å²) in [6, 6.07) is -0.149. The Morgan fingerprint density at radius 1 is 1.24 bits per heavy atom. The molecule has 0 amide bonds. The third-order valence-corrected chi connectivity index (χ3v) is 3.89. The number of nitrogens with one attached hydrogen (secondary N) is 2. The van der Waals surface area contributed by atoms with E-state index in [0.717, 1.165) is 12.8 Å². The standard InChI is InChI=1S/C10H25N3O3S/c1-4-9(5-2)10(11)8-13-17(14,15)12-6-7-16-3/h9-10,12-13H,4-8,11H2,1-3H3. The normalized spacial score (nSPS) is 14.2. The summed E-state index contributed by atoms with van der Waals surface area (Å²) in [5.41, 5.74) is 5.92. The van der Waals surface area contributed by atoms with Crippen LogP contribution < -0.4 is 15.2 Å². The molecule has 0 aliphatic carbocycles. The van der Waals surface area contributed by atoms with Crippen molar-refractivity contribution >= 4 is 10.2 Å². The summed E-state index contributed by atoms with van der Waals surface area (Å²) in [5.74, 6) is 0.344. The van der Waals surface area contributed by atoms with E-state index in [2.05, 4.69) is 23.3 Å². The molecule has 0 aromatic heterocycles.